The third kappa shape index (κ3) is 6.00. The molecule has 0 heterocycles. The molecule has 0 aromatic carbocycles. The lowest BCUT2D eigenvalue weighted by atomic mass is 10.2. The van der Waals surface area contributed by atoms with Gasteiger partial charge in [0, 0.05) is 0 Å². The molecule has 0 saturated carbocycles. The first kappa shape index (κ1) is 7.00. The quantitative estimate of drug-likeness (QED) is 0.474. The Bertz CT molecular complexity index is 19.2. The number of hydrogen-bond donors (Lipinski definition) is 0. The van der Waals surface area contributed by atoms with Gasteiger partial charge in [-0.3, -0.25) is 0 Å². The standard InChI is InChI=1S/C7H14/c1-3-5-7-6-4-2/h5-6H,3-4,7H2,1-2H3. The molecule has 0 unspecified atom stereocenters. The third-order valence-corrected chi connectivity index (χ3v) is 0.911. The van der Waals surface area contributed by atoms with Crippen LogP contribution in [0, 0.1) is 12.8 Å². The van der Waals surface area contributed by atoms with Crippen LogP contribution in [0.25, 0.3) is 0 Å². The summed E-state index contributed by atoms with van der Waals surface area (Å²) in [6, 6.07) is 0. The van der Waals surface area contributed by atoms with Gasteiger partial charge >= 0.3 is 0 Å². The zero-order valence-corrected chi connectivity index (χ0v) is 5.28. The molecule has 0 bridgehead atoms. The van der Waals surface area contributed by atoms with Crippen molar-refractivity contribution < 1.29 is 0 Å². The van der Waals surface area contributed by atoms with E-state index in [1.54, 1.807) is 0 Å². The SMILES string of the molecule is CC[CH]C[CH]CC. The third-order valence-electron chi connectivity index (χ3n) is 0.911. The maximum Gasteiger partial charge on any atom is -0.0386 e. The van der Waals surface area contributed by atoms with E-state index >= 15 is 0 Å². The highest BCUT2D eigenvalue weighted by atomic mass is 13.9. The van der Waals surface area contributed by atoms with Crippen molar-refractivity contribution in [1.29, 1.82) is 0 Å². The highest BCUT2D eigenvalue weighted by molar-refractivity contribution is 4.72. The van der Waals surface area contributed by atoms with Crippen LogP contribution in [0.15, 0.2) is 0 Å². The normalized spacial score (nSPS) is 9.43. The van der Waals surface area contributed by atoms with E-state index in [1.807, 2.05) is 0 Å². The highest BCUT2D eigenvalue weighted by Crippen LogP contribution is 1.97. The predicted octanol–water partition coefficient (Wildman–Crippen LogP) is 2.61. The summed E-state index contributed by atoms with van der Waals surface area (Å²) in [5.74, 6) is 0. The van der Waals surface area contributed by atoms with Crippen molar-refractivity contribution >= 4 is 0 Å². The first-order valence-corrected chi connectivity index (χ1v) is 3.05. The first-order valence-electron chi connectivity index (χ1n) is 3.05. The molecule has 0 N–H and O–H groups in total. The van der Waals surface area contributed by atoms with E-state index in [2.05, 4.69) is 26.7 Å². The van der Waals surface area contributed by atoms with Crippen LogP contribution in [0.2, 0.25) is 0 Å². The average molecular weight is 98.2 g/mol. The molecule has 0 aliphatic heterocycles. The van der Waals surface area contributed by atoms with Crippen molar-refractivity contribution in [3.05, 3.63) is 12.8 Å². The Kier molecular flexibility index (Phi) is 6.00. The molecule has 0 nitrogen and oxygen atoms in total. The van der Waals surface area contributed by atoms with Crippen LogP contribution >= 0.6 is 0 Å². The minimum absolute atomic E-state index is 1.19. The lowest BCUT2D eigenvalue weighted by Crippen LogP contribution is -1.73. The van der Waals surface area contributed by atoms with Gasteiger partial charge in [-0.15, -0.1) is 0 Å². The summed E-state index contributed by atoms with van der Waals surface area (Å²) in [4.78, 5) is 0. The Morgan fingerprint density at radius 1 is 1.00 bits per heavy atom. The molecule has 42 valence electrons. The Morgan fingerprint density at radius 2 is 1.43 bits per heavy atom. The van der Waals surface area contributed by atoms with E-state index in [9.17, 15) is 0 Å². The van der Waals surface area contributed by atoms with Crippen molar-refractivity contribution in [3.8, 4) is 0 Å². The lowest BCUT2D eigenvalue weighted by Gasteiger charge is -1.89. The summed E-state index contributed by atoms with van der Waals surface area (Å²) in [5, 5.41) is 0. The molecule has 0 atom stereocenters. The highest BCUT2D eigenvalue weighted by Gasteiger charge is 1.80. The van der Waals surface area contributed by atoms with E-state index in [-0.39, 0.29) is 0 Å². The monoisotopic (exact) mass is 98.1 g/mol. The Balaban J connectivity index is 2.45. The summed E-state index contributed by atoms with van der Waals surface area (Å²) >= 11 is 0. The van der Waals surface area contributed by atoms with Gasteiger partial charge in [-0.1, -0.05) is 26.7 Å². The molecule has 0 heteroatoms. The molecule has 0 aromatic rings. The van der Waals surface area contributed by atoms with Crippen molar-refractivity contribution in [2.24, 2.45) is 0 Å². The molecule has 2 radical (unpaired) electrons. The molecule has 0 fully saturated rings. The fourth-order valence-corrected chi connectivity index (χ4v) is 0.451. The Hall–Kier alpha value is 0. The number of hydrogen-bond acceptors (Lipinski definition) is 0. The van der Waals surface area contributed by atoms with Gasteiger partial charge in [-0.2, -0.15) is 0 Å². The second-order valence-electron chi connectivity index (χ2n) is 1.63. The van der Waals surface area contributed by atoms with Gasteiger partial charge in [0.15, 0.2) is 0 Å². The van der Waals surface area contributed by atoms with Crippen molar-refractivity contribution in [3.63, 3.8) is 0 Å². The molecular formula is C7H14. The van der Waals surface area contributed by atoms with Gasteiger partial charge in [0.2, 0.25) is 0 Å². The van der Waals surface area contributed by atoms with Gasteiger partial charge in [-0.05, 0) is 19.3 Å². The minimum atomic E-state index is 1.19. The number of rotatable bonds is 4. The van der Waals surface area contributed by atoms with Crippen molar-refractivity contribution in [2.75, 3.05) is 0 Å². The second-order valence-corrected chi connectivity index (χ2v) is 1.63. The van der Waals surface area contributed by atoms with Crippen LogP contribution in [0.1, 0.15) is 33.1 Å². The van der Waals surface area contributed by atoms with E-state index in [0.29, 0.717) is 0 Å². The fraction of sp³-hybridized carbons (Fsp3) is 0.714. The molecule has 0 aromatic heterocycles. The summed E-state index contributed by atoms with van der Waals surface area (Å²) < 4.78 is 0. The van der Waals surface area contributed by atoms with Crippen LogP contribution in [-0.2, 0) is 0 Å². The van der Waals surface area contributed by atoms with E-state index < -0.39 is 0 Å². The van der Waals surface area contributed by atoms with Crippen LogP contribution < -0.4 is 0 Å². The molecule has 0 spiro atoms. The van der Waals surface area contributed by atoms with E-state index in [1.165, 1.54) is 19.3 Å². The minimum Gasteiger partial charge on any atom is -0.0651 e. The topological polar surface area (TPSA) is 0 Å². The van der Waals surface area contributed by atoms with E-state index in [4.69, 9.17) is 0 Å². The molecule has 7 heavy (non-hydrogen) atoms. The fourth-order valence-electron chi connectivity index (χ4n) is 0.451. The molecule has 0 aliphatic carbocycles. The molecule has 0 rings (SSSR count). The summed E-state index contributed by atoms with van der Waals surface area (Å²) in [6.45, 7) is 4.34. The zero-order valence-electron chi connectivity index (χ0n) is 5.28. The van der Waals surface area contributed by atoms with Gasteiger partial charge < -0.3 is 0 Å². The molecule has 0 amide bonds. The number of unbranched alkanes of at least 4 members (excludes halogenated alkanes) is 4. The maximum absolute atomic E-state index is 2.28. The molecular weight excluding hydrogens is 84.1 g/mol. The summed E-state index contributed by atoms with van der Waals surface area (Å²) in [7, 11) is 0. The van der Waals surface area contributed by atoms with Gasteiger partial charge in [-0.25, -0.2) is 0 Å². The maximum atomic E-state index is 2.28. The Labute approximate surface area is 46.9 Å². The first-order chi connectivity index (χ1) is 3.41. The van der Waals surface area contributed by atoms with Crippen molar-refractivity contribution in [2.45, 2.75) is 33.1 Å². The second kappa shape index (κ2) is 6.00. The Morgan fingerprint density at radius 3 is 1.71 bits per heavy atom. The average Bonchev–Trinajstić information content (AvgIpc) is 1.69. The lowest BCUT2D eigenvalue weighted by molar-refractivity contribution is 0.923. The molecule has 0 aliphatic rings. The zero-order chi connectivity index (χ0) is 5.54. The summed E-state index contributed by atoms with van der Waals surface area (Å²) in [5.41, 5.74) is 0. The van der Waals surface area contributed by atoms with Crippen LogP contribution in [0.4, 0.5) is 0 Å². The largest absolute Gasteiger partial charge is 0.0651 e. The molecule has 0 saturated heterocycles. The summed E-state index contributed by atoms with van der Waals surface area (Å²) in [6.07, 6.45) is 8.16. The van der Waals surface area contributed by atoms with E-state index in [0.717, 1.165) is 0 Å². The van der Waals surface area contributed by atoms with Crippen LogP contribution in [0.5, 0.6) is 0 Å². The van der Waals surface area contributed by atoms with Crippen LogP contribution in [-0.4, -0.2) is 0 Å². The van der Waals surface area contributed by atoms with Crippen molar-refractivity contribution in [1.82, 2.24) is 0 Å². The van der Waals surface area contributed by atoms with Gasteiger partial charge in [0.05, 0.1) is 0 Å². The predicted molar refractivity (Wildman–Crippen MR) is 33.8 cm³/mol. The van der Waals surface area contributed by atoms with Crippen LogP contribution in [0.3, 0.4) is 0 Å². The van der Waals surface area contributed by atoms with Gasteiger partial charge in [0.1, 0.15) is 0 Å². The van der Waals surface area contributed by atoms with Gasteiger partial charge in [0.25, 0.3) is 0 Å². The smallest absolute Gasteiger partial charge is 0.0386 e.